The molecule has 1 atom stereocenters. The molecule has 0 saturated carbocycles. The van der Waals surface area contributed by atoms with E-state index in [9.17, 15) is 0 Å². The van der Waals surface area contributed by atoms with Gasteiger partial charge in [0.15, 0.2) is 0 Å². The number of nitrogens with two attached hydrogens (primary N) is 1. The second-order valence-corrected chi connectivity index (χ2v) is 4.54. The predicted molar refractivity (Wildman–Crippen MR) is 75.0 cm³/mol. The van der Waals surface area contributed by atoms with E-state index in [-0.39, 0.29) is 6.04 Å². The lowest BCUT2D eigenvalue weighted by Crippen LogP contribution is -2.14. The Morgan fingerprint density at radius 3 is 2.89 bits per heavy atom. The third-order valence-corrected chi connectivity index (χ3v) is 2.82. The van der Waals surface area contributed by atoms with E-state index in [2.05, 4.69) is 16.9 Å². The minimum Gasteiger partial charge on any atom is -0.492 e. The van der Waals surface area contributed by atoms with Gasteiger partial charge in [0.25, 0.3) is 0 Å². The van der Waals surface area contributed by atoms with Gasteiger partial charge in [-0.05, 0) is 42.7 Å². The first-order valence-electron chi connectivity index (χ1n) is 6.46. The molecule has 0 spiro atoms. The average Bonchev–Trinajstić information content (AvgIpc) is 2.44. The lowest BCUT2D eigenvalue weighted by Gasteiger charge is -2.13. The molecule has 2 heterocycles. The van der Waals surface area contributed by atoms with Crippen molar-refractivity contribution in [3.63, 3.8) is 0 Å². The Labute approximate surface area is 113 Å². The van der Waals surface area contributed by atoms with Crippen LogP contribution in [0.1, 0.15) is 36.2 Å². The fraction of sp³-hybridized carbons (Fsp3) is 0.333. The molecule has 0 aromatic carbocycles. The summed E-state index contributed by atoms with van der Waals surface area (Å²) in [6.45, 7) is 4.78. The van der Waals surface area contributed by atoms with Crippen molar-refractivity contribution in [2.45, 2.75) is 26.3 Å². The predicted octanol–water partition coefficient (Wildman–Crippen LogP) is 2.62. The highest BCUT2D eigenvalue weighted by molar-refractivity contribution is 5.31. The highest BCUT2D eigenvalue weighted by atomic mass is 16.5. The maximum Gasteiger partial charge on any atom is 0.137 e. The van der Waals surface area contributed by atoms with Gasteiger partial charge >= 0.3 is 0 Å². The fourth-order valence-electron chi connectivity index (χ4n) is 1.80. The summed E-state index contributed by atoms with van der Waals surface area (Å²) in [7, 11) is 0. The van der Waals surface area contributed by atoms with Gasteiger partial charge in [-0.15, -0.1) is 0 Å². The van der Waals surface area contributed by atoms with E-state index in [1.54, 1.807) is 18.6 Å². The molecule has 0 aliphatic carbocycles. The summed E-state index contributed by atoms with van der Waals surface area (Å²) in [6, 6.07) is 5.59. The number of nitrogens with zero attached hydrogens (tertiary/aromatic N) is 2. The molecule has 100 valence electrons. The molecule has 0 fully saturated rings. The Hall–Kier alpha value is -1.94. The van der Waals surface area contributed by atoms with E-state index in [0.29, 0.717) is 6.61 Å². The summed E-state index contributed by atoms with van der Waals surface area (Å²) < 4.78 is 5.57. The molecule has 0 aliphatic heterocycles. The van der Waals surface area contributed by atoms with Crippen LogP contribution in [0.3, 0.4) is 0 Å². The topological polar surface area (TPSA) is 61.0 Å². The first kappa shape index (κ1) is 13.5. The number of aryl methyl sites for hydroxylation is 1. The third kappa shape index (κ3) is 3.51. The lowest BCUT2D eigenvalue weighted by atomic mass is 10.0. The first-order chi connectivity index (χ1) is 9.20. The van der Waals surface area contributed by atoms with Crippen LogP contribution in [0, 0.1) is 6.92 Å². The zero-order valence-electron chi connectivity index (χ0n) is 11.3. The van der Waals surface area contributed by atoms with Gasteiger partial charge in [0.05, 0.1) is 24.5 Å². The normalized spacial score (nSPS) is 12.2. The molecule has 1 unspecified atom stereocenters. The molecule has 2 rings (SSSR count). The molecule has 4 nitrogen and oxygen atoms in total. The van der Waals surface area contributed by atoms with Gasteiger partial charge in [-0.25, -0.2) is 0 Å². The van der Waals surface area contributed by atoms with Crippen LogP contribution >= 0.6 is 0 Å². The zero-order valence-corrected chi connectivity index (χ0v) is 11.3. The van der Waals surface area contributed by atoms with Crippen molar-refractivity contribution in [3.8, 4) is 5.75 Å². The van der Waals surface area contributed by atoms with E-state index in [1.165, 1.54) is 0 Å². The Balaban J connectivity index is 2.21. The van der Waals surface area contributed by atoms with Gasteiger partial charge in [-0.1, -0.05) is 6.92 Å². The summed E-state index contributed by atoms with van der Waals surface area (Å²) in [5, 5.41) is 0. The maximum absolute atomic E-state index is 6.22. The van der Waals surface area contributed by atoms with Crippen LogP contribution in [-0.2, 0) is 0 Å². The SMILES string of the molecule is CCCOc1cncc(C(N)c2cc(C)ccn2)c1. The number of rotatable bonds is 5. The molecule has 0 aliphatic rings. The van der Waals surface area contributed by atoms with Crippen molar-refractivity contribution >= 4 is 0 Å². The van der Waals surface area contributed by atoms with Crippen LogP contribution < -0.4 is 10.5 Å². The molecule has 0 bridgehead atoms. The average molecular weight is 257 g/mol. The number of aromatic nitrogens is 2. The van der Waals surface area contributed by atoms with Crippen LogP contribution in [0.2, 0.25) is 0 Å². The van der Waals surface area contributed by atoms with Crippen LogP contribution in [-0.4, -0.2) is 16.6 Å². The Kier molecular flexibility index (Phi) is 4.47. The highest BCUT2D eigenvalue weighted by Crippen LogP contribution is 2.21. The van der Waals surface area contributed by atoms with E-state index >= 15 is 0 Å². The van der Waals surface area contributed by atoms with Crippen LogP contribution in [0.25, 0.3) is 0 Å². The van der Waals surface area contributed by atoms with Crippen molar-refractivity contribution in [3.05, 3.63) is 53.6 Å². The monoisotopic (exact) mass is 257 g/mol. The summed E-state index contributed by atoms with van der Waals surface area (Å²) in [5.41, 5.74) is 9.12. The molecule has 2 aromatic heterocycles. The van der Waals surface area contributed by atoms with Gasteiger partial charge in [-0.3, -0.25) is 9.97 Å². The Morgan fingerprint density at radius 2 is 2.16 bits per heavy atom. The van der Waals surface area contributed by atoms with Gasteiger partial charge in [0, 0.05) is 12.4 Å². The molecule has 19 heavy (non-hydrogen) atoms. The quantitative estimate of drug-likeness (QED) is 0.894. The Morgan fingerprint density at radius 1 is 1.32 bits per heavy atom. The minimum absolute atomic E-state index is 0.280. The third-order valence-electron chi connectivity index (χ3n) is 2.82. The second kappa shape index (κ2) is 6.29. The number of hydrogen-bond donors (Lipinski definition) is 1. The van der Waals surface area contributed by atoms with Gasteiger partial charge in [0.1, 0.15) is 5.75 Å². The molecule has 2 aromatic rings. The van der Waals surface area contributed by atoms with E-state index < -0.39 is 0 Å². The summed E-state index contributed by atoms with van der Waals surface area (Å²) in [6.07, 6.45) is 6.20. The van der Waals surface area contributed by atoms with Crippen LogP contribution in [0.5, 0.6) is 5.75 Å². The number of pyridine rings is 2. The van der Waals surface area contributed by atoms with E-state index in [1.807, 2.05) is 25.1 Å². The minimum atomic E-state index is -0.280. The molecule has 0 amide bonds. The number of ether oxygens (including phenoxy) is 1. The summed E-state index contributed by atoms with van der Waals surface area (Å²) >= 11 is 0. The van der Waals surface area contributed by atoms with E-state index in [4.69, 9.17) is 10.5 Å². The Bertz CT molecular complexity index is 542. The van der Waals surface area contributed by atoms with Crippen molar-refractivity contribution in [1.29, 1.82) is 0 Å². The van der Waals surface area contributed by atoms with Crippen molar-refractivity contribution < 1.29 is 4.74 Å². The molecule has 0 radical (unpaired) electrons. The standard InChI is InChI=1S/C15H19N3O/c1-3-6-19-13-8-12(9-17-10-13)15(16)14-7-11(2)4-5-18-14/h4-5,7-10,15H,3,6,16H2,1-2H3. The van der Waals surface area contributed by atoms with Crippen molar-refractivity contribution in [2.24, 2.45) is 5.73 Å². The largest absolute Gasteiger partial charge is 0.492 e. The van der Waals surface area contributed by atoms with Crippen molar-refractivity contribution in [2.75, 3.05) is 6.61 Å². The second-order valence-electron chi connectivity index (χ2n) is 4.54. The lowest BCUT2D eigenvalue weighted by molar-refractivity contribution is 0.315. The molecule has 0 saturated heterocycles. The van der Waals surface area contributed by atoms with Gasteiger partial charge < -0.3 is 10.5 Å². The summed E-state index contributed by atoms with van der Waals surface area (Å²) in [5.74, 6) is 0.752. The highest BCUT2D eigenvalue weighted by Gasteiger charge is 2.11. The van der Waals surface area contributed by atoms with Crippen molar-refractivity contribution in [1.82, 2.24) is 9.97 Å². The molecule has 4 heteroatoms. The van der Waals surface area contributed by atoms with E-state index in [0.717, 1.165) is 29.0 Å². The maximum atomic E-state index is 6.22. The zero-order chi connectivity index (χ0) is 13.7. The van der Waals surface area contributed by atoms with Gasteiger partial charge in [0.2, 0.25) is 0 Å². The van der Waals surface area contributed by atoms with Crippen LogP contribution in [0.4, 0.5) is 0 Å². The molecular weight excluding hydrogens is 238 g/mol. The smallest absolute Gasteiger partial charge is 0.137 e. The first-order valence-corrected chi connectivity index (χ1v) is 6.46. The van der Waals surface area contributed by atoms with Crippen LogP contribution in [0.15, 0.2) is 36.8 Å². The summed E-state index contributed by atoms with van der Waals surface area (Å²) in [4.78, 5) is 8.49. The molecular formula is C15H19N3O. The molecule has 2 N–H and O–H groups in total. The van der Waals surface area contributed by atoms with Gasteiger partial charge in [-0.2, -0.15) is 0 Å². The fourth-order valence-corrected chi connectivity index (χ4v) is 1.80. The number of hydrogen-bond acceptors (Lipinski definition) is 4.